The smallest absolute Gasteiger partial charge is 0.329 e. The van der Waals surface area contributed by atoms with Gasteiger partial charge in [-0.3, -0.25) is 0 Å². The summed E-state index contributed by atoms with van der Waals surface area (Å²) in [6.07, 6.45) is 3.63. The van der Waals surface area contributed by atoms with E-state index >= 15 is 0 Å². The van der Waals surface area contributed by atoms with Crippen LogP contribution in [0.3, 0.4) is 0 Å². The van der Waals surface area contributed by atoms with E-state index < -0.39 is 11.5 Å². The van der Waals surface area contributed by atoms with Gasteiger partial charge in [-0.05, 0) is 37.6 Å². The number of rotatable bonds is 8. The van der Waals surface area contributed by atoms with Gasteiger partial charge in [-0.1, -0.05) is 62.6 Å². The fourth-order valence-electron chi connectivity index (χ4n) is 2.91. The first kappa shape index (κ1) is 17.1. The van der Waals surface area contributed by atoms with Crippen molar-refractivity contribution in [3.63, 3.8) is 0 Å². The summed E-state index contributed by atoms with van der Waals surface area (Å²) in [6, 6.07) is 19.5. The first-order valence-corrected chi connectivity index (χ1v) is 8.23. The fraction of sp³-hybridized carbons (Fsp3) is 0.350. The van der Waals surface area contributed by atoms with Crippen LogP contribution in [-0.4, -0.2) is 16.6 Å². The Bertz CT molecular complexity index is 573. The SMILES string of the molecule is CCCCCC(C)(C(=O)O)N(c1ccccc1)c1ccccc1. The van der Waals surface area contributed by atoms with Crippen molar-refractivity contribution >= 4 is 17.3 Å². The Morgan fingerprint density at radius 2 is 1.43 bits per heavy atom. The van der Waals surface area contributed by atoms with Gasteiger partial charge in [-0.2, -0.15) is 0 Å². The number of anilines is 2. The lowest BCUT2D eigenvalue weighted by molar-refractivity contribution is -0.142. The number of hydrogen-bond acceptors (Lipinski definition) is 2. The van der Waals surface area contributed by atoms with Gasteiger partial charge in [0.25, 0.3) is 0 Å². The Balaban J connectivity index is 2.48. The molecule has 2 rings (SSSR count). The van der Waals surface area contributed by atoms with Crippen molar-refractivity contribution in [1.29, 1.82) is 0 Å². The molecule has 3 heteroatoms. The third-order valence-corrected chi connectivity index (χ3v) is 4.25. The molecule has 0 radical (unpaired) electrons. The number of unbranched alkanes of at least 4 members (excludes halogenated alkanes) is 2. The Kier molecular flexibility index (Phi) is 5.80. The van der Waals surface area contributed by atoms with Crippen molar-refractivity contribution in [2.75, 3.05) is 4.90 Å². The Hall–Kier alpha value is -2.29. The number of nitrogens with zero attached hydrogens (tertiary/aromatic N) is 1. The van der Waals surface area contributed by atoms with Crippen LogP contribution >= 0.6 is 0 Å². The second-order valence-corrected chi connectivity index (χ2v) is 6.04. The number of aliphatic carboxylic acids is 1. The number of carbonyl (C=O) groups is 1. The highest BCUT2D eigenvalue weighted by Crippen LogP contribution is 2.36. The van der Waals surface area contributed by atoms with E-state index in [1.807, 2.05) is 72.5 Å². The predicted octanol–water partition coefficient (Wildman–Crippen LogP) is 5.25. The number of hydrogen-bond donors (Lipinski definition) is 1. The molecule has 1 atom stereocenters. The molecule has 122 valence electrons. The fourth-order valence-corrected chi connectivity index (χ4v) is 2.91. The van der Waals surface area contributed by atoms with E-state index in [0.717, 1.165) is 30.6 Å². The molecule has 0 spiro atoms. The van der Waals surface area contributed by atoms with E-state index in [1.165, 1.54) is 0 Å². The lowest BCUT2D eigenvalue weighted by atomic mass is 9.90. The minimum atomic E-state index is -0.974. The molecule has 0 aliphatic carbocycles. The molecule has 0 amide bonds. The van der Waals surface area contributed by atoms with Crippen molar-refractivity contribution < 1.29 is 9.90 Å². The lowest BCUT2D eigenvalue weighted by Crippen LogP contribution is -2.50. The zero-order valence-electron chi connectivity index (χ0n) is 13.9. The number of carboxylic acids is 1. The van der Waals surface area contributed by atoms with E-state index in [4.69, 9.17) is 0 Å². The van der Waals surface area contributed by atoms with Crippen LogP contribution in [0.5, 0.6) is 0 Å². The van der Waals surface area contributed by atoms with Gasteiger partial charge in [0, 0.05) is 11.4 Å². The maximum Gasteiger partial charge on any atom is 0.329 e. The minimum Gasteiger partial charge on any atom is -0.479 e. The predicted molar refractivity (Wildman–Crippen MR) is 95.2 cm³/mol. The topological polar surface area (TPSA) is 40.5 Å². The molecule has 0 heterocycles. The van der Waals surface area contributed by atoms with Gasteiger partial charge in [-0.25, -0.2) is 4.79 Å². The molecule has 3 nitrogen and oxygen atoms in total. The first-order valence-electron chi connectivity index (χ1n) is 8.23. The van der Waals surface area contributed by atoms with Crippen LogP contribution < -0.4 is 4.90 Å². The van der Waals surface area contributed by atoms with Crippen molar-refractivity contribution in [3.05, 3.63) is 60.7 Å². The second-order valence-electron chi connectivity index (χ2n) is 6.04. The van der Waals surface area contributed by atoms with Crippen molar-refractivity contribution in [3.8, 4) is 0 Å². The Morgan fingerprint density at radius 3 is 1.83 bits per heavy atom. The minimum absolute atomic E-state index is 0.611. The number of benzene rings is 2. The Morgan fingerprint density at radius 1 is 0.957 bits per heavy atom. The molecular formula is C20H25NO2. The summed E-state index contributed by atoms with van der Waals surface area (Å²) in [5, 5.41) is 9.98. The van der Waals surface area contributed by atoms with Crippen molar-refractivity contribution in [1.82, 2.24) is 0 Å². The summed E-state index contributed by atoms with van der Waals surface area (Å²) < 4.78 is 0. The van der Waals surface area contributed by atoms with Crippen LogP contribution in [0.2, 0.25) is 0 Å². The molecule has 0 aliphatic rings. The van der Waals surface area contributed by atoms with Gasteiger partial charge in [0.1, 0.15) is 5.54 Å². The van der Waals surface area contributed by atoms with Crippen LogP contribution in [-0.2, 0) is 4.79 Å². The highest BCUT2D eigenvalue weighted by atomic mass is 16.4. The van der Waals surface area contributed by atoms with Crippen LogP contribution in [0.15, 0.2) is 60.7 Å². The lowest BCUT2D eigenvalue weighted by Gasteiger charge is -2.40. The molecule has 0 fully saturated rings. The summed E-state index contributed by atoms with van der Waals surface area (Å²) in [7, 11) is 0. The van der Waals surface area contributed by atoms with Crippen LogP contribution in [0, 0.1) is 0 Å². The maximum absolute atomic E-state index is 12.2. The normalized spacial score (nSPS) is 13.3. The highest BCUT2D eigenvalue weighted by molar-refractivity contribution is 5.87. The molecule has 0 aliphatic heterocycles. The van der Waals surface area contributed by atoms with Crippen molar-refractivity contribution in [2.24, 2.45) is 0 Å². The quantitative estimate of drug-likeness (QED) is 0.677. The van der Waals surface area contributed by atoms with Gasteiger partial charge in [0.15, 0.2) is 0 Å². The van der Waals surface area contributed by atoms with Gasteiger partial charge in [0.2, 0.25) is 0 Å². The summed E-state index contributed by atoms with van der Waals surface area (Å²) in [6.45, 7) is 3.95. The monoisotopic (exact) mass is 311 g/mol. The van der Waals surface area contributed by atoms with Crippen LogP contribution in [0.4, 0.5) is 11.4 Å². The number of para-hydroxylation sites is 2. The molecule has 0 bridgehead atoms. The maximum atomic E-state index is 12.2. The molecule has 0 saturated heterocycles. The highest BCUT2D eigenvalue weighted by Gasteiger charge is 2.40. The third-order valence-electron chi connectivity index (χ3n) is 4.25. The standard InChI is InChI=1S/C20H25NO2/c1-3-4-11-16-20(2,19(22)23)21(17-12-7-5-8-13-17)18-14-9-6-10-15-18/h5-10,12-15H,3-4,11,16H2,1-2H3,(H,22,23). The Labute approximate surface area is 138 Å². The van der Waals surface area contributed by atoms with E-state index in [1.54, 1.807) is 0 Å². The first-order chi connectivity index (χ1) is 11.1. The van der Waals surface area contributed by atoms with E-state index in [2.05, 4.69) is 6.92 Å². The zero-order valence-corrected chi connectivity index (χ0v) is 13.9. The van der Waals surface area contributed by atoms with Crippen LogP contribution in [0.1, 0.15) is 39.5 Å². The van der Waals surface area contributed by atoms with E-state index in [-0.39, 0.29) is 0 Å². The molecule has 1 unspecified atom stereocenters. The summed E-state index contributed by atoms with van der Waals surface area (Å²) in [5.41, 5.74) is 0.831. The molecule has 2 aromatic rings. The van der Waals surface area contributed by atoms with Gasteiger partial charge in [-0.15, -0.1) is 0 Å². The molecule has 2 aromatic carbocycles. The molecule has 0 saturated carbocycles. The van der Waals surface area contributed by atoms with Crippen molar-refractivity contribution in [2.45, 2.75) is 45.1 Å². The average molecular weight is 311 g/mol. The summed E-state index contributed by atoms with van der Waals surface area (Å²) in [5.74, 6) is -0.790. The third kappa shape index (κ3) is 3.92. The second kappa shape index (κ2) is 7.82. The van der Waals surface area contributed by atoms with E-state index in [9.17, 15) is 9.90 Å². The average Bonchev–Trinajstić information content (AvgIpc) is 2.57. The van der Waals surface area contributed by atoms with Crippen LogP contribution in [0.25, 0.3) is 0 Å². The van der Waals surface area contributed by atoms with Gasteiger partial charge < -0.3 is 10.0 Å². The molecule has 0 aromatic heterocycles. The van der Waals surface area contributed by atoms with Gasteiger partial charge in [0.05, 0.1) is 0 Å². The largest absolute Gasteiger partial charge is 0.479 e. The molecule has 1 N–H and O–H groups in total. The van der Waals surface area contributed by atoms with E-state index in [0.29, 0.717) is 6.42 Å². The number of carboxylic acid groups (broad SMARTS) is 1. The molecular weight excluding hydrogens is 286 g/mol. The zero-order chi connectivity index (χ0) is 16.7. The summed E-state index contributed by atoms with van der Waals surface area (Å²) in [4.78, 5) is 14.1. The molecule has 23 heavy (non-hydrogen) atoms. The van der Waals surface area contributed by atoms with Gasteiger partial charge >= 0.3 is 5.97 Å². The summed E-state index contributed by atoms with van der Waals surface area (Å²) >= 11 is 0.